The first-order valence-corrected chi connectivity index (χ1v) is 7.76. The number of nitrogens with zero attached hydrogens (tertiary/aromatic N) is 3. The smallest absolute Gasteiger partial charge is 0.246 e. The molecule has 0 spiro atoms. The Hall–Kier alpha value is -2.08. The van der Waals surface area contributed by atoms with Crippen LogP contribution in [0.5, 0.6) is 5.75 Å². The largest absolute Gasteiger partial charge is 0.497 e. The number of hydrogen-bond acceptors (Lipinski definition) is 4. The van der Waals surface area contributed by atoms with Gasteiger partial charge < -0.3 is 14.5 Å². The maximum absolute atomic E-state index is 12.4. The monoisotopic (exact) mass is 319 g/mol. The highest BCUT2D eigenvalue weighted by molar-refractivity contribution is 5.87. The lowest BCUT2D eigenvalue weighted by Gasteiger charge is -2.41. The van der Waals surface area contributed by atoms with E-state index in [1.807, 2.05) is 24.3 Å². The van der Waals surface area contributed by atoms with Crippen LogP contribution in [0.3, 0.4) is 0 Å². The molecule has 0 aliphatic carbocycles. The molecule has 1 aromatic rings. The van der Waals surface area contributed by atoms with Crippen molar-refractivity contribution in [2.24, 2.45) is 0 Å². The second kappa shape index (κ2) is 7.46. The summed E-state index contributed by atoms with van der Waals surface area (Å²) < 4.78 is 5.25. The van der Waals surface area contributed by atoms with Gasteiger partial charge in [-0.15, -0.1) is 0 Å². The molecule has 0 radical (unpaired) electrons. The van der Waals surface area contributed by atoms with E-state index < -0.39 is 6.04 Å². The van der Waals surface area contributed by atoms with Gasteiger partial charge in [-0.1, -0.05) is 12.1 Å². The first kappa shape index (κ1) is 17.3. The molecule has 1 fully saturated rings. The average molecular weight is 319 g/mol. The number of carbonyl (C=O) groups excluding carboxylic acids is 2. The van der Waals surface area contributed by atoms with Crippen LogP contribution in [0.25, 0.3) is 0 Å². The molecule has 2 rings (SSSR count). The van der Waals surface area contributed by atoms with Crippen molar-refractivity contribution >= 4 is 11.8 Å². The summed E-state index contributed by atoms with van der Waals surface area (Å²) in [6.45, 7) is 4.14. The maximum atomic E-state index is 12.4. The molecule has 1 aliphatic rings. The van der Waals surface area contributed by atoms with Crippen LogP contribution in [-0.4, -0.2) is 73.4 Å². The molecule has 1 aliphatic heterocycles. The molecule has 23 heavy (non-hydrogen) atoms. The average Bonchev–Trinajstić information content (AvgIpc) is 2.53. The Morgan fingerprint density at radius 1 is 1.30 bits per heavy atom. The fourth-order valence-electron chi connectivity index (χ4n) is 2.90. The molecule has 0 N–H and O–H groups in total. The van der Waals surface area contributed by atoms with E-state index in [4.69, 9.17) is 4.74 Å². The van der Waals surface area contributed by atoms with E-state index in [1.54, 1.807) is 31.0 Å². The van der Waals surface area contributed by atoms with Gasteiger partial charge in [0.25, 0.3) is 0 Å². The third-order valence-corrected chi connectivity index (χ3v) is 4.14. The summed E-state index contributed by atoms with van der Waals surface area (Å²) in [6, 6.07) is 7.50. The van der Waals surface area contributed by atoms with Gasteiger partial charge in [-0.25, -0.2) is 0 Å². The van der Waals surface area contributed by atoms with E-state index in [0.717, 1.165) is 24.4 Å². The van der Waals surface area contributed by atoms with Crippen molar-refractivity contribution in [3.05, 3.63) is 29.8 Å². The zero-order valence-electron chi connectivity index (χ0n) is 14.3. The summed E-state index contributed by atoms with van der Waals surface area (Å²) in [5.74, 6) is 0.743. The number of ether oxygens (including phenoxy) is 1. The van der Waals surface area contributed by atoms with Gasteiger partial charge in [0.15, 0.2) is 0 Å². The van der Waals surface area contributed by atoms with Crippen LogP contribution in [0.4, 0.5) is 0 Å². The molecule has 126 valence electrons. The fourth-order valence-corrected chi connectivity index (χ4v) is 2.90. The molecule has 6 heteroatoms. The normalized spacial score (nSPS) is 18.6. The summed E-state index contributed by atoms with van der Waals surface area (Å²) in [7, 11) is 5.10. The van der Waals surface area contributed by atoms with Crippen molar-refractivity contribution in [3.63, 3.8) is 0 Å². The maximum Gasteiger partial charge on any atom is 0.246 e. The van der Waals surface area contributed by atoms with Crippen molar-refractivity contribution in [1.82, 2.24) is 14.7 Å². The Morgan fingerprint density at radius 3 is 2.65 bits per heavy atom. The van der Waals surface area contributed by atoms with Crippen LogP contribution in [0.2, 0.25) is 0 Å². The SMILES string of the molecule is COc1cccc(CN2CCN(C(C)=O)[C@@H](C(=O)N(C)C)C2)c1. The van der Waals surface area contributed by atoms with Crippen molar-refractivity contribution in [2.75, 3.05) is 40.8 Å². The fraction of sp³-hybridized carbons (Fsp3) is 0.529. The van der Waals surface area contributed by atoms with Gasteiger partial charge in [-0.2, -0.15) is 0 Å². The number of hydrogen-bond donors (Lipinski definition) is 0. The van der Waals surface area contributed by atoms with Crippen molar-refractivity contribution < 1.29 is 14.3 Å². The Labute approximate surface area is 137 Å². The van der Waals surface area contributed by atoms with Crippen molar-refractivity contribution in [1.29, 1.82) is 0 Å². The minimum atomic E-state index is -0.415. The van der Waals surface area contributed by atoms with Crippen LogP contribution in [0.1, 0.15) is 12.5 Å². The van der Waals surface area contributed by atoms with Crippen molar-refractivity contribution in [2.45, 2.75) is 19.5 Å². The Balaban J connectivity index is 2.10. The van der Waals surface area contributed by atoms with Crippen LogP contribution in [0.15, 0.2) is 24.3 Å². The zero-order valence-corrected chi connectivity index (χ0v) is 14.3. The molecule has 1 saturated heterocycles. The van der Waals surface area contributed by atoms with Gasteiger partial charge in [0.05, 0.1) is 7.11 Å². The molecule has 2 amide bonds. The molecule has 0 aromatic heterocycles. The summed E-state index contributed by atoms with van der Waals surface area (Å²) in [5.41, 5.74) is 1.14. The first-order valence-electron chi connectivity index (χ1n) is 7.76. The second-order valence-electron chi connectivity index (χ2n) is 6.05. The molecule has 6 nitrogen and oxygen atoms in total. The van der Waals surface area contributed by atoms with Gasteiger partial charge in [-0.05, 0) is 17.7 Å². The summed E-state index contributed by atoms with van der Waals surface area (Å²) in [5, 5.41) is 0. The minimum absolute atomic E-state index is 0.0319. The van der Waals surface area contributed by atoms with Gasteiger partial charge in [-0.3, -0.25) is 14.5 Å². The number of methoxy groups -OCH3 is 1. The van der Waals surface area contributed by atoms with E-state index in [9.17, 15) is 9.59 Å². The summed E-state index contributed by atoms with van der Waals surface area (Å²) >= 11 is 0. The topological polar surface area (TPSA) is 53.1 Å². The Bertz CT molecular complexity index is 574. The number of likely N-dealkylation sites (N-methyl/N-ethyl adjacent to an activating group) is 1. The standard InChI is InChI=1S/C17H25N3O3/c1-13(21)20-9-8-19(12-16(20)17(22)18(2)3)11-14-6-5-7-15(10-14)23-4/h5-7,10,16H,8-9,11-12H2,1-4H3/t16-/m1/s1. The third-order valence-electron chi connectivity index (χ3n) is 4.14. The quantitative estimate of drug-likeness (QED) is 0.824. The molecule has 1 aromatic carbocycles. The lowest BCUT2D eigenvalue weighted by Crippen LogP contribution is -2.59. The van der Waals surface area contributed by atoms with E-state index in [1.165, 1.54) is 6.92 Å². The van der Waals surface area contributed by atoms with E-state index in [0.29, 0.717) is 13.1 Å². The number of amides is 2. The lowest BCUT2D eigenvalue weighted by atomic mass is 10.1. The molecule has 0 bridgehead atoms. The van der Waals surface area contributed by atoms with Crippen LogP contribution in [-0.2, 0) is 16.1 Å². The van der Waals surface area contributed by atoms with Crippen LogP contribution in [0, 0.1) is 0 Å². The predicted molar refractivity (Wildman–Crippen MR) is 88.1 cm³/mol. The summed E-state index contributed by atoms with van der Waals surface area (Å²) in [6.07, 6.45) is 0. The van der Waals surface area contributed by atoms with Gasteiger partial charge in [0.2, 0.25) is 11.8 Å². The van der Waals surface area contributed by atoms with E-state index >= 15 is 0 Å². The lowest BCUT2D eigenvalue weighted by molar-refractivity contribution is -0.146. The van der Waals surface area contributed by atoms with E-state index in [-0.39, 0.29) is 11.8 Å². The highest BCUT2D eigenvalue weighted by atomic mass is 16.5. The number of carbonyl (C=O) groups is 2. The van der Waals surface area contributed by atoms with Gasteiger partial charge in [0.1, 0.15) is 11.8 Å². The second-order valence-corrected chi connectivity index (χ2v) is 6.05. The summed E-state index contributed by atoms with van der Waals surface area (Å²) in [4.78, 5) is 29.6. The number of piperazine rings is 1. The third kappa shape index (κ3) is 4.22. The number of rotatable bonds is 4. The Morgan fingerprint density at radius 2 is 2.04 bits per heavy atom. The molecular formula is C17H25N3O3. The molecule has 0 saturated carbocycles. The molecular weight excluding hydrogens is 294 g/mol. The van der Waals surface area contributed by atoms with Gasteiger partial charge >= 0.3 is 0 Å². The Kier molecular flexibility index (Phi) is 5.60. The first-order chi connectivity index (χ1) is 10.9. The molecule has 1 atom stereocenters. The van der Waals surface area contributed by atoms with Gasteiger partial charge in [0, 0.05) is 47.2 Å². The van der Waals surface area contributed by atoms with E-state index in [2.05, 4.69) is 4.90 Å². The molecule has 1 heterocycles. The predicted octanol–water partition coefficient (Wildman–Crippen LogP) is 0.816. The van der Waals surface area contributed by atoms with Crippen LogP contribution >= 0.6 is 0 Å². The molecule has 0 unspecified atom stereocenters. The zero-order chi connectivity index (χ0) is 17.0. The number of benzene rings is 1. The minimum Gasteiger partial charge on any atom is -0.497 e. The van der Waals surface area contributed by atoms with Crippen LogP contribution < -0.4 is 4.74 Å². The highest BCUT2D eigenvalue weighted by Crippen LogP contribution is 2.18. The van der Waals surface area contributed by atoms with Crippen molar-refractivity contribution in [3.8, 4) is 5.75 Å². The highest BCUT2D eigenvalue weighted by Gasteiger charge is 2.34.